The van der Waals surface area contributed by atoms with Gasteiger partial charge in [0.25, 0.3) is 0 Å². The van der Waals surface area contributed by atoms with Gasteiger partial charge in [0.05, 0.1) is 18.8 Å². The average Bonchev–Trinajstić information content (AvgIpc) is 3.14. The number of carbonyl (C=O) groups excluding carboxylic acids is 1. The molecule has 2 saturated carbocycles. The number of benzene rings is 2. The van der Waals surface area contributed by atoms with E-state index in [1.54, 1.807) is 6.07 Å². The third kappa shape index (κ3) is 11.2. The zero-order chi connectivity index (χ0) is 35.2. The Morgan fingerprint density at radius 1 is 0.755 bits per heavy atom. The van der Waals surface area contributed by atoms with Crippen LogP contribution in [-0.2, 0) is 20.7 Å². The number of aliphatic hydroxyl groups excluding tert-OH is 2. The predicted molar refractivity (Wildman–Crippen MR) is 195 cm³/mol. The largest absolute Gasteiger partial charge is 0.458 e. The molecule has 7 nitrogen and oxygen atoms in total. The maximum atomic E-state index is 12.0. The molecular formula is C42H58O7. The van der Waals surface area contributed by atoms with Crippen molar-refractivity contribution in [2.75, 3.05) is 26.8 Å². The Labute approximate surface area is 294 Å². The fraction of sp³-hybridized carbons (Fsp3) is 0.548. The molecule has 2 aliphatic rings. The number of carbonyl (C=O) groups is 1. The summed E-state index contributed by atoms with van der Waals surface area (Å²) >= 11 is 0. The third-order valence-electron chi connectivity index (χ3n) is 10.7. The molecule has 2 fully saturated rings. The number of hydrogen-bond acceptors (Lipinski definition) is 7. The van der Waals surface area contributed by atoms with Crippen LogP contribution in [-0.4, -0.2) is 43.0 Å². The molecule has 2 N–H and O–H groups in total. The number of aliphatic hydroxyl groups is 2. The summed E-state index contributed by atoms with van der Waals surface area (Å²) in [5.74, 6) is 3.83. The summed E-state index contributed by atoms with van der Waals surface area (Å²) in [7, 11) is 0. The number of unbranched alkanes of at least 4 members (excludes halogenated alkanes) is 2. The highest BCUT2D eigenvalue weighted by atomic mass is 16.7. The van der Waals surface area contributed by atoms with E-state index in [1.807, 2.05) is 12.1 Å². The van der Waals surface area contributed by atoms with Gasteiger partial charge in [-0.1, -0.05) is 90.3 Å². The highest BCUT2D eigenvalue weighted by molar-refractivity contribution is 5.87. The topological polar surface area (TPSA) is 94.5 Å². The van der Waals surface area contributed by atoms with Gasteiger partial charge in [-0.3, -0.25) is 0 Å². The molecule has 0 unspecified atom stereocenters. The monoisotopic (exact) mass is 674 g/mol. The summed E-state index contributed by atoms with van der Waals surface area (Å²) in [6.07, 6.45) is 17.4. The van der Waals surface area contributed by atoms with Gasteiger partial charge >= 0.3 is 5.97 Å². The first-order valence-electron chi connectivity index (χ1n) is 18.4. The first-order chi connectivity index (χ1) is 23.8. The van der Waals surface area contributed by atoms with Gasteiger partial charge < -0.3 is 29.2 Å². The molecule has 0 amide bonds. The van der Waals surface area contributed by atoms with E-state index in [1.165, 1.54) is 88.2 Å². The van der Waals surface area contributed by atoms with Crippen molar-refractivity contribution in [3.63, 3.8) is 0 Å². The second-order valence-electron chi connectivity index (χ2n) is 13.9. The number of hydrogen-bond donors (Lipinski definition) is 2. The van der Waals surface area contributed by atoms with Crippen LogP contribution in [0.15, 0.2) is 73.0 Å². The van der Waals surface area contributed by atoms with Gasteiger partial charge in [-0.25, -0.2) is 4.79 Å². The predicted octanol–water partition coefficient (Wildman–Crippen LogP) is 9.42. The molecular weight excluding hydrogens is 616 g/mol. The molecule has 0 heterocycles. The summed E-state index contributed by atoms with van der Waals surface area (Å²) in [5, 5.41) is 18.4. The van der Waals surface area contributed by atoms with Crippen LogP contribution in [0, 0.1) is 17.8 Å². The molecule has 2 aromatic rings. The van der Waals surface area contributed by atoms with E-state index in [-0.39, 0.29) is 31.5 Å². The Balaban J connectivity index is 1.43. The Morgan fingerprint density at radius 3 is 1.96 bits per heavy atom. The maximum absolute atomic E-state index is 12.0. The summed E-state index contributed by atoms with van der Waals surface area (Å²) in [6.45, 7) is 14.2. The fourth-order valence-electron chi connectivity index (χ4n) is 7.57. The van der Waals surface area contributed by atoms with Gasteiger partial charge in [0.1, 0.15) is 17.3 Å². The summed E-state index contributed by atoms with van der Waals surface area (Å²) in [4.78, 5) is 12.0. The third-order valence-corrected chi connectivity index (χ3v) is 10.7. The standard InChI is InChI=1S/C42H58O7/c1-6-8-9-10-32-11-13-34(14-12-32)35-15-17-36(18-16-35)37-19-20-41(33(7-2)21-37)38-22-39(47-27-46-31(5)29(3)25-43)24-40(23-38)48-28-49-42(45)30(4)26-44/h19-24,32,34-36,43-44H,3-18,25-28H2,1-2H3. The SMILES string of the molecule is C=C(CO)C(=C)OCOc1cc(OCOC(=O)C(=C)CO)cc(-c2ccc(C3CCC(C4CCC(CCCCC)CC4)CC3)cc2CC)c1. The Kier molecular flexibility index (Phi) is 15.3. The second-order valence-corrected chi connectivity index (χ2v) is 13.9. The highest BCUT2D eigenvalue weighted by Gasteiger charge is 2.31. The second kappa shape index (κ2) is 19.6. The smallest absolute Gasteiger partial charge is 0.338 e. The van der Waals surface area contributed by atoms with Crippen LogP contribution < -0.4 is 9.47 Å². The lowest BCUT2D eigenvalue weighted by atomic mass is 9.68. The van der Waals surface area contributed by atoms with Crippen molar-refractivity contribution in [3.05, 3.63) is 84.2 Å². The van der Waals surface area contributed by atoms with E-state index >= 15 is 0 Å². The molecule has 0 saturated heterocycles. The number of ether oxygens (including phenoxy) is 4. The van der Waals surface area contributed by atoms with Crippen LogP contribution in [0.25, 0.3) is 11.1 Å². The van der Waals surface area contributed by atoms with Crippen molar-refractivity contribution in [1.82, 2.24) is 0 Å². The molecule has 7 heteroatoms. The zero-order valence-electron chi connectivity index (χ0n) is 29.9. The first-order valence-corrected chi connectivity index (χ1v) is 18.4. The summed E-state index contributed by atoms with van der Waals surface area (Å²) in [6, 6.07) is 12.4. The van der Waals surface area contributed by atoms with Crippen molar-refractivity contribution >= 4 is 5.97 Å². The molecule has 0 aliphatic heterocycles. The lowest BCUT2D eigenvalue weighted by Gasteiger charge is -2.38. The van der Waals surface area contributed by atoms with Crippen molar-refractivity contribution < 1.29 is 34.0 Å². The van der Waals surface area contributed by atoms with Crippen molar-refractivity contribution in [2.45, 2.75) is 103 Å². The molecule has 0 atom stereocenters. The fourth-order valence-corrected chi connectivity index (χ4v) is 7.57. The molecule has 0 radical (unpaired) electrons. The van der Waals surface area contributed by atoms with Gasteiger partial charge in [-0.15, -0.1) is 0 Å². The number of rotatable bonds is 19. The van der Waals surface area contributed by atoms with E-state index < -0.39 is 12.6 Å². The van der Waals surface area contributed by atoms with Crippen LogP contribution in [0.5, 0.6) is 11.5 Å². The van der Waals surface area contributed by atoms with E-state index in [2.05, 4.69) is 51.8 Å². The molecule has 4 rings (SSSR count). The van der Waals surface area contributed by atoms with Crippen molar-refractivity contribution in [1.29, 1.82) is 0 Å². The number of esters is 1. The van der Waals surface area contributed by atoms with Gasteiger partial charge in [0, 0.05) is 11.6 Å². The zero-order valence-corrected chi connectivity index (χ0v) is 29.9. The van der Waals surface area contributed by atoms with E-state index in [0.29, 0.717) is 23.0 Å². The van der Waals surface area contributed by atoms with Crippen LogP contribution >= 0.6 is 0 Å². The van der Waals surface area contributed by atoms with Gasteiger partial charge in [0.2, 0.25) is 13.6 Å². The molecule has 0 spiro atoms. The average molecular weight is 675 g/mol. The minimum atomic E-state index is -0.728. The molecule has 268 valence electrons. The Bertz CT molecular complexity index is 1340. The minimum absolute atomic E-state index is 0.0512. The van der Waals surface area contributed by atoms with Gasteiger partial charge in [-0.05, 0) is 103 Å². The normalized spacial score (nSPS) is 20.7. The lowest BCUT2D eigenvalue weighted by molar-refractivity contribution is -0.145. The Hall–Kier alpha value is -3.55. The lowest BCUT2D eigenvalue weighted by Crippen LogP contribution is -2.25. The molecule has 2 aromatic carbocycles. The van der Waals surface area contributed by atoms with Crippen LogP contribution in [0.2, 0.25) is 0 Å². The van der Waals surface area contributed by atoms with Crippen LogP contribution in [0.4, 0.5) is 0 Å². The minimum Gasteiger partial charge on any atom is -0.458 e. The quantitative estimate of drug-likeness (QED) is 0.0383. The first kappa shape index (κ1) is 38.3. The van der Waals surface area contributed by atoms with Crippen LogP contribution in [0.3, 0.4) is 0 Å². The highest BCUT2D eigenvalue weighted by Crippen LogP contribution is 2.45. The van der Waals surface area contributed by atoms with E-state index in [4.69, 9.17) is 24.1 Å². The van der Waals surface area contributed by atoms with Gasteiger partial charge in [-0.2, -0.15) is 0 Å². The summed E-state index contributed by atoms with van der Waals surface area (Å²) < 4.78 is 22.3. The van der Waals surface area contributed by atoms with Crippen molar-refractivity contribution in [3.8, 4) is 22.6 Å². The molecule has 0 aromatic heterocycles. The number of aryl methyl sites for hydroxylation is 1. The van der Waals surface area contributed by atoms with Gasteiger partial charge in [0.15, 0.2) is 0 Å². The summed E-state index contributed by atoms with van der Waals surface area (Å²) in [5.41, 5.74) is 4.97. The molecule has 2 aliphatic carbocycles. The van der Waals surface area contributed by atoms with E-state index in [0.717, 1.165) is 35.3 Å². The Morgan fingerprint density at radius 2 is 1.37 bits per heavy atom. The molecule has 0 bridgehead atoms. The van der Waals surface area contributed by atoms with E-state index in [9.17, 15) is 9.90 Å². The van der Waals surface area contributed by atoms with Crippen molar-refractivity contribution in [2.24, 2.45) is 17.8 Å². The maximum Gasteiger partial charge on any atom is 0.338 e. The van der Waals surface area contributed by atoms with Crippen LogP contribution in [0.1, 0.15) is 108 Å². The molecule has 49 heavy (non-hydrogen) atoms.